The van der Waals surface area contributed by atoms with Crippen LogP contribution in [0.4, 0.5) is 13.2 Å². The Morgan fingerprint density at radius 1 is 0.917 bits per heavy atom. The number of halogens is 3. The minimum Gasteiger partial charge on any atom is -0.475 e. The molecule has 36 heavy (non-hydrogen) atoms. The van der Waals surface area contributed by atoms with E-state index in [1.54, 1.807) is 0 Å². The number of carbonyl (C=O) groups is 2. The van der Waals surface area contributed by atoms with Crippen molar-refractivity contribution in [3.63, 3.8) is 0 Å². The third-order valence-corrected chi connectivity index (χ3v) is 5.58. The minimum absolute atomic E-state index is 0.0494. The summed E-state index contributed by atoms with van der Waals surface area (Å²) in [6.07, 6.45) is -3.98. The molecule has 4 rings (SSSR count). The molecule has 0 radical (unpaired) electrons. The number of carboxylic acid groups (broad SMARTS) is 1. The molecule has 0 aromatic heterocycles. The Hall–Kier alpha value is -4.16. The van der Waals surface area contributed by atoms with Crippen molar-refractivity contribution in [2.75, 3.05) is 0 Å². The van der Waals surface area contributed by atoms with E-state index in [9.17, 15) is 18.0 Å². The van der Waals surface area contributed by atoms with Crippen LogP contribution in [-0.4, -0.2) is 29.2 Å². The van der Waals surface area contributed by atoms with Gasteiger partial charge in [0.2, 0.25) is 0 Å². The van der Waals surface area contributed by atoms with Gasteiger partial charge in [0.15, 0.2) is 0 Å². The van der Waals surface area contributed by atoms with Gasteiger partial charge in [-0.1, -0.05) is 54.6 Å². The zero-order chi connectivity index (χ0) is 26.1. The topological polar surface area (TPSA) is 102 Å². The summed E-state index contributed by atoms with van der Waals surface area (Å²) in [4.78, 5) is 21.2. The number of amides is 1. The fourth-order valence-corrected chi connectivity index (χ4v) is 3.50. The van der Waals surface area contributed by atoms with Gasteiger partial charge >= 0.3 is 12.1 Å². The first-order valence-corrected chi connectivity index (χ1v) is 11.1. The maximum atomic E-state index is 12.3. The second kappa shape index (κ2) is 12.0. The van der Waals surface area contributed by atoms with E-state index in [-0.39, 0.29) is 5.91 Å². The molecule has 2 atom stereocenters. The maximum absolute atomic E-state index is 12.3. The lowest BCUT2D eigenvalue weighted by Gasteiger charge is -2.07. The number of carboxylic acids is 1. The third kappa shape index (κ3) is 7.96. The van der Waals surface area contributed by atoms with Gasteiger partial charge < -0.3 is 15.7 Å². The van der Waals surface area contributed by atoms with Crippen molar-refractivity contribution in [3.05, 3.63) is 107 Å². The number of nitrogens with zero attached hydrogens (tertiary/aromatic N) is 1. The van der Waals surface area contributed by atoms with E-state index in [4.69, 9.17) is 15.2 Å². The average Bonchev–Trinajstić information content (AvgIpc) is 3.66. The van der Waals surface area contributed by atoms with Crippen LogP contribution in [0, 0.1) is 11.3 Å². The number of nitriles is 1. The number of benzene rings is 3. The maximum Gasteiger partial charge on any atom is 0.490 e. The van der Waals surface area contributed by atoms with E-state index in [2.05, 4.69) is 28.8 Å². The summed E-state index contributed by atoms with van der Waals surface area (Å²) in [5, 5.41) is 22.5. The Kier molecular flexibility index (Phi) is 8.81. The summed E-state index contributed by atoms with van der Waals surface area (Å²) < 4.78 is 31.7. The van der Waals surface area contributed by atoms with Gasteiger partial charge in [0, 0.05) is 30.6 Å². The monoisotopic (exact) mass is 495 g/mol. The molecule has 2 unspecified atom stereocenters. The fourth-order valence-electron chi connectivity index (χ4n) is 3.50. The molecule has 0 heterocycles. The van der Waals surface area contributed by atoms with Crippen LogP contribution < -0.4 is 10.6 Å². The Labute approximate surface area is 206 Å². The first-order valence-electron chi connectivity index (χ1n) is 11.1. The molecular formula is C27H24F3N3O3. The molecule has 1 amide bonds. The zero-order valence-corrected chi connectivity index (χ0v) is 19.1. The van der Waals surface area contributed by atoms with E-state index in [1.807, 2.05) is 66.7 Å². The number of carbonyl (C=O) groups excluding carboxylic acids is 1. The van der Waals surface area contributed by atoms with E-state index in [0.29, 0.717) is 29.6 Å². The predicted molar refractivity (Wildman–Crippen MR) is 127 cm³/mol. The van der Waals surface area contributed by atoms with Crippen LogP contribution in [0.3, 0.4) is 0 Å². The Bertz CT molecular complexity index is 1210. The lowest BCUT2D eigenvalue weighted by molar-refractivity contribution is -0.192. The molecule has 1 aliphatic carbocycles. The SMILES string of the molecule is N#Cc1ccc(CNC2CC2c2ccc(C(=O)NCc3ccccc3)cc2)cc1.O=C(O)C(F)(F)F. The lowest BCUT2D eigenvalue weighted by atomic mass is 10.1. The normalized spacial score (nSPS) is 16.2. The van der Waals surface area contributed by atoms with Crippen molar-refractivity contribution in [1.29, 1.82) is 5.26 Å². The number of aliphatic carboxylic acids is 1. The van der Waals surface area contributed by atoms with Gasteiger partial charge in [-0.05, 0) is 47.4 Å². The summed E-state index contributed by atoms with van der Waals surface area (Å²) in [5.41, 5.74) is 4.91. The number of rotatable bonds is 7. The molecule has 6 nitrogen and oxygen atoms in total. The predicted octanol–water partition coefficient (Wildman–Crippen LogP) is 4.77. The number of alkyl halides is 3. The fraction of sp³-hybridized carbons (Fsp3) is 0.222. The summed E-state index contributed by atoms with van der Waals surface area (Å²) in [6, 6.07) is 28.1. The van der Waals surface area contributed by atoms with Crippen molar-refractivity contribution in [2.24, 2.45) is 0 Å². The van der Waals surface area contributed by atoms with E-state index in [0.717, 1.165) is 18.5 Å². The van der Waals surface area contributed by atoms with Crippen molar-refractivity contribution >= 4 is 11.9 Å². The third-order valence-electron chi connectivity index (χ3n) is 5.58. The molecule has 0 aliphatic heterocycles. The van der Waals surface area contributed by atoms with Crippen molar-refractivity contribution in [1.82, 2.24) is 10.6 Å². The van der Waals surface area contributed by atoms with Crippen LogP contribution in [0.2, 0.25) is 0 Å². The minimum atomic E-state index is -5.08. The molecule has 3 aromatic rings. The van der Waals surface area contributed by atoms with Crippen LogP contribution in [0.5, 0.6) is 0 Å². The molecule has 0 bridgehead atoms. The second-order valence-corrected chi connectivity index (χ2v) is 8.23. The Morgan fingerprint density at radius 2 is 1.50 bits per heavy atom. The van der Waals surface area contributed by atoms with Crippen LogP contribution in [-0.2, 0) is 17.9 Å². The van der Waals surface area contributed by atoms with Gasteiger partial charge in [-0.25, -0.2) is 4.79 Å². The largest absolute Gasteiger partial charge is 0.490 e. The van der Waals surface area contributed by atoms with Gasteiger partial charge in [-0.3, -0.25) is 4.79 Å². The Morgan fingerprint density at radius 3 is 2.06 bits per heavy atom. The van der Waals surface area contributed by atoms with Gasteiger partial charge in [0.05, 0.1) is 11.6 Å². The van der Waals surface area contributed by atoms with Crippen LogP contribution in [0.25, 0.3) is 0 Å². The molecule has 186 valence electrons. The summed E-state index contributed by atoms with van der Waals surface area (Å²) in [5.74, 6) is -2.31. The first-order chi connectivity index (χ1) is 17.2. The summed E-state index contributed by atoms with van der Waals surface area (Å²) in [6.45, 7) is 1.33. The smallest absolute Gasteiger partial charge is 0.475 e. The van der Waals surface area contributed by atoms with Crippen molar-refractivity contribution in [3.8, 4) is 6.07 Å². The molecule has 9 heteroatoms. The molecule has 0 spiro atoms. The average molecular weight is 496 g/mol. The van der Waals surface area contributed by atoms with Crippen LogP contribution in [0.15, 0.2) is 78.9 Å². The van der Waals surface area contributed by atoms with Gasteiger partial charge in [-0.15, -0.1) is 0 Å². The first kappa shape index (κ1) is 26.4. The molecule has 1 fully saturated rings. The highest BCUT2D eigenvalue weighted by molar-refractivity contribution is 5.94. The zero-order valence-electron chi connectivity index (χ0n) is 19.1. The summed E-state index contributed by atoms with van der Waals surface area (Å²) >= 11 is 0. The molecule has 1 saturated carbocycles. The van der Waals surface area contributed by atoms with E-state index in [1.165, 1.54) is 11.1 Å². The number of hydrogen-bond donors (Lipinski definition) is 3. The molecule has 1 aliphatic rings. The standard InChI is InChI=1S/C25H23N3O.C2HF3O2/c26-15-18-6-8-20(9-7-18)16-27-24-14-23(24)21-10-12-22(13-11-21)25(29)28-17-19-4-2-1-3-5-19;3-2(4,5)1(6)7/h1-13,23-24,27H,14,16-17H2,(H,28,29);(H,6,7). The highest BCUT2D eigenvalue weighted by Gasteiger charge is 2.38. The molecule has 3 aromatic carbocycles. The molecule has 0 saturated heterocycles. The highest BCUT2D eigenvalue weighted by Crippen LogP contribution is 2.41. The number of nitrogens with one attached hydrogen (secondary N) is 2. The Balaban J connectivity index is 0.000000454. The van der Waals surface area contributed by atoms with Crippen LogP contribution in [0.1, 0.15) is 45.0 Å². The van der Waals surface area contributed by atoms with Gasteiger partial charge in [0.25, 0.3) is 5.91 Å². The quantitative estimate of drug-likeness (QED) is 0.438. The molecular weight excluding hydrogens is 471 g/mol. The van der Waals surface area contributed by atoms with E-state index < -0.39 is 12.1 Å². The van der Waals surface area contributed by atoms with Crippen LogP contribution >= 0.6 is 0 Å². The van der Waals surface area contributed by atoms with Crippen molar-refractivity contribution < 1.29 is 27.9 Å². The lowest BCUT2D eigenvalue weighted by Crippen LogP contribution is -2.22. The van der Waals surface area contributed by atoms with Crippen molar-refractivity contribution in [2.45, 2.75) is 37.6 Å². The second-order valence-electron chi connectivity index (χ2n) is 8.23. The summed E-state index contributed by atoms with van der Waals surface area (Å²) in [7, 11) is 0. The number of hydrogen-bond acceptors (Lipinski definition) is 4. The van der Waals surface area contributed by atoms with E-state index >= 15 is 0 Å². The molecule has 3 N–H and O–H groups in total. The van der Waals surface area contributed by atoms with Gasteiger partial charge in [-0.2, -0.15) is 18.4 Å². The van der Waals surface area contributed by atoms with Gasteiger partial charge in [0.1, 0.15) is 0 Å². The highest BCUT2D eigenvalue weighted by atomic mass is 19.4.